The van der Waals surface area contributed by atoms with E-state index in [4.69, 9.17) is 9.29 Å². The smallest absolute Gasteiger partial charge is 0.432 e. The minimum absolute atomic E-state index is 0.0584. The molecule has 17 heteroatoms. The lowest BCUT2D eigenvalue weighted by Gasteiger charge is -2.09. The van der Waals surface area contributed by atoms with Gasteiger partial charge >= 0.3 is 12.4 Å². The fourth-order valence-electron chi connectivity index (χ4n) is 3.56. The first-order chi connectivity index (χ1) is 19.5. The van der Waals surface area contributed by atoms with Crippen LogP contribution >= 0.6 is 0 Å². The zero-order valence-electron chi connectivity index (χ0n) is 21.5. The molecule has 0 aliphatic heterocycles. The SMILES string of the molecule is CS(=O)(=O)O.Cn1c(Nc2ccc(C(F)(F)F)cc2)nc2cc(Oc3ccnc(-c4ncc(C(F)(F)F)[nH]4)c3)ccc21. The molecule has 0 bridgehead atoms. The fraction of sp³-hybridized carbons (Fsp3) is 0.160. The lowest BCUT2D eigenvalue weighted by molar-refractivity contribution is -0.141. The molecule has 0 unspecified atom stereocenters. The van der Waals surface area contributed by atoms with E-state index in [1.165, 1.54) is 30.5 Å². The third kappa shape index (κ3) is 7.76. The molecule has 0 saturated carbocycles. The second kappa shape index (κ2) is 11.3. The molecule has 0 radical (unpaired) electrons. The lowest BCUT2D eigenvalue weighted by atomic mass is 10.2. The molecule has 5 aromatic rings. The molecule has 42 heavy (non-hydrogen) atoms. The summed E-state index contributed by atoms with van der Waals surface area (Å²) in [7, 11) is -1.92. The van der Waals surface area contributed by atoms with Crippen LogP contribution in [0.15, 0.2) is 67.0 Å². The van der Waals surface area contributed by atoms with Crippen LogP contribution < -0.4 is 10.1 Å². The summed E-state index contributed by atoms with van der Waals surface area (Å²) in [6.07, 6.45) is -6.20. The second-order valence-corrected chi connectivity index (χ2v) is 10.2. The number of halogens is 6. The highest BCUT2D eigenvalue weighted by atomic mass is 32.2. The van der Waals surface area contributed by atoms with Crippen LogP contribution in [0.1, 0.15) is 11.3 Å². The molecule has 3 heterocycles. The van der Waals surface area contributed by atoms with Gasteiger partial charge in [0, 0.05) is 31.1 Å². The molecule has 0 fully saturated rings. The highest BCUT2D eigenvalue weighted by molar-refractivity contribution is 7.85. The van der Waals surface area contributed by atoms with Crippen LogP contribution in [-0.4, -0.2) is 43.7 Å². The highest BCUT2D eigenvalue weighted by Gasteiger charge is 2.33. The van der Waals surface area contributed by atoms with Gasteiger partial charge in [-0.2, -0.15) is 34.8 Å². The maximum atomic E-state index is 12.9. The average molecular weight is 615 g/mol. The van der Waals surface area contributed by atoms with Gasteiger partial charge < -0.3 is 19.6 Å². The van der Waals surface area contributed by atoms with Gasteiger partial charge in [0.25, 0.3) is 10.1 Å². The topological polar surface area (TPSA) is 135 Å². The summed E-state index contributed by atoms with van der Waals surface area (Å²) < 4.78 is 110. The van der Waals surface area contributed by atoms with Crippen molar-refractivity contribution in [3.63, 3.8) is 0 Å². The van der Waals surface area contributed by atoms with Crippen LogP contribution in [0.3, 0.4) is 0 Å². The molecular formula is C25H20F6N6O4S. The van der Waals surface area contributed by atoms with Gasteiger partial charge in [0.05, 0.1) is 29.0 Å². The van der Waals surface area contributed by atoms with Crippen molar-refractivity contribution >= 4 is 32.8 Å². The quantitative estimate of drug-likeness (QED) is 0.152. The van der Waals surface area contributed by atoms with E-state index in [-0.39, 0.29) is 11.5 Å². The van der Waals surface area contributed by atoms with Gasteiger partial charge in [-0.25, -0.2) is 9.97 Å². The van der Waals surface area contributed by atoms with Gasteiger partial charge in [0.15, 0.2) is 5.82 Å². The van der Waals surface area contributed by atoms with Gasteiger partial charge in [-0.3, -0.25) is 9.54 Å². The number of fused-ring (bicyclic) bond motifs is 1. The number of nitrogens with one attached hydrogen (secondary N) is 2. The third-order valence-electron chi connectivity index (χ3n) is 5.41. The number of pyridine rings is 1. The van der Waals surface area contributed by atoms with Crippen LogP contribution in [-0.2, 0) is 29.5 Å². The average Bonchev–Trinajstić information content (AvgIpc) is 3.49. The second-order valence-electron chi connectivity index (χ2n) is 8.70. The van der Waals surface area contributed by atoms with Crippen LogP contribution in [0, 0.1) is 0 Å². The Morgan fingerprint density at radius 1 is 0.929 bits per heavy atom. The Morgan fingerprint density at radius 2 is 1.57 bits per heavy atom. The summed E-state index contributed by atoms with van der Waals surface area (Å²) in [6, 6.07) is 12.7. The van der Waals surface area contributed by atoms with Gasteiger partial charge in [0.1, 0.15) is 22.9 Å². The normalized spacial score (nSPS) is 12.1. The van der Waals surface area contributed by atoms with E-state index >= 15 is 0 Å². The number of hydrogen-bond acceptors (Lipinski definition) is 7. The number of rotatable bonds is 5. The molecule has 5 rings (SSSR count). The number of hydrogen-bond donors (Lipinski definition) is 3. The monoisotopic (exact) mass is 614 g/mol. The molecule has 0 spiro atoms. The molecule has 3 aromatic heterocycles. The van der Waals surface area contributed by atoms with Crippen LogP contribution in [0.4, 0.5) is 38.0 Å². The molecule has 0 atom stereocenters. The molecule has 3 N–H and O–H groups in total. The van der Waals surface area contributed by atoms with Crippen molar-refractivity contribution < 1.29 is 44.0 Å². The summed E-state index contributed by atoms with van der Waals surface area (Å²) >= 11 is 0. The van der Waals surface area contributed by atoms with Crippen molar-refractivity contribution in [3.05, 3.63) is 78.2 Å². The van der Waals surface area contributed by atoms with Gasteiger partial charge in [-0.15, -0.1) is 0 Å². The van der Waals surface area contributed by atoms with Crippen molar-refractivity contribution in [1.29, 1.82) is 0 Å². The number of imidazole rings is 2. The number of aromatic amines is 1. The molecular weight excluding hydrogens is 594 g/mol. The number of alkyl halides is 6. The summed E-state index contributed by atoms with van der Waals surface area (Å²) in [6.45, 7) is 0. The summed E-state index contributed by atoms with van der Waals surface area (Å²) in [5.74, 6) is 1.06. The number of H-pyrrole nitrogens is 1. The summed E-state index contributed by atoms with van der Waals surface area (Å²) in [5.41, 5.74) is 0.125. The fourth-order valence-corrected chi connectivity index (χ4v) is 3.56. The van der Waals surface area contributed by atoms with Crippen molar-refractivity contribution in [2.24, 2.45) is 7.05 Å². The zero-order valence-corrected chi connectivity index (χ0v) is 22.3. The molecule has 0 saturated heterocycles. The van der Waals surface area contributed by atoms with E-state index in [2.05, 4.69) is 25.3 Å². The van der Waals surface area contributed by atoms with Gasteiger partial charge in [-0.1, -0.05) is 0 Å². The lowest BCUT2D eigenvalue weighted by Crippen LogP contribution is -2.05. The first kappa shape index (κ1) is 30.3. The van der Waals surface area contributed by atoms with Crippen molar-refractivity contribution in [2.75, 3.05) is 11.6 Å². The number of aryl methyl sites for hydroxylation is 1. The Balaban J connectivity index is 0.000000748. The minimum Gasteiger partial charge on any atom is -0.457 e. The van der Waals surface area contributed by atoms with Crippen molar-refractivity contribution in [3.8, 4) is 23.0 Å². The van der Waals surface area contributed by atoms with Crippen LogP contribution in [0.2, 0.25) is 0 Å². The van der Waals surface area contributed by atoms with E-state index in [1.807, 2.05) is 0 Å². The maximum Gasteiger partial charge on any atom is 0.432 e. The van der Waals surface area contributed by atoms with Gasteiger partial charge in [-0.05, 0) is 42.5 Å². The number of ether oxygens (including phenoxy) is 1. The van der Waals surface area contributed by atoms with Crippen molar-refractivity contribution in [2.45, 2.75) is 12.4 Å². The minimum atomic E-state index is -4.56. The number of nitrogens with zero attached hydrogens (tertiary/aromatic N) is 4. The Labute approximate surface area is 233 Å². The van der Waals surface area contributed by atoms with E-state index in [9.17, 15) is 34.8 Å². The summed E-state index contributed by atoms with van der Waals surface area (Å²) in [5, 5.41) is 2.99. The van der Waals surface area contributed by atoms with Crippen LogP contribution in [0.25, 0.3) is 22.6 Å². The Kier molecular flexibility index (Phi) is 8.18. The maximum absolute atomic E-state index is 12.9. The molecule has 2 aromatic carbocycles. The van der Waals surface area contributed by atoms with Crippen LogP contribution in [0.5, 0.6) is 11.5 Å². The Morgan fingerprint density at radius 3 is 2.17 bits per heavy atom. The predicted molar refractivity (Wildman–Crippen MR) is 140 cm³/mol. The van der Waals surface area contributed by atoms with E-state index in [0.29, 0.717) is 41.1 Å². The molecule has 0 aliphatic rings. The van der Waals surface area contributed by atoms with E-state index < -0.39 is 33.7 Å². The molecule has 0 aliphatic carbocycles. The van der Waals surface area contributed by atoms with Crippen molar-refractivity contribution in [1.82, 2.24) is 24.5 Å². The van der Waals surface area contributed by atoms with E-state index in [0.717, 1.165) is 17.6 Å². The zero-order chi connectivity index (χ0) is 30.9. The first-order valence-electron chi connectivity index (χ1n) is 11.6. The molecule has 222 valence electrons. The number of aromatic nitrogens is 5. The standard InChI is InChI=1S/C24H16F6N6O.CH4O3S/c1-36-19-7-6-15(10-17(19)34-22(36)33-14-4-2-13(3-5-14)23(25,26)27)37-16-8-9-31-18(11-16)21-32-12-20(35-21)24(28,29)30;1-5(2,3)4/h2-12H,1H3,(H,32,35)(H,33,34);1H3,(H,2,3,4). The Bertz CT molecular complexity index is 1810. The largest absolute Gasteiger partial charge is 0.457 e. The molecule has 0 amide bonds. The number of anilines is 2. The van der Waals surface area contributed by atoms with Gasteiger partial charge in [0.2, 0.25) is 5.95 Å². The molecule has 10 nitrogen and oxygen atoms in total. The number of benzene rings is 2. The first-order valence-corrected chi connectivity index (χ1v) is 13.4. The third-order valence-corrected chi connectivity index (χ3v) is 5.41. The van der Waals surface area contributed by atoms with E-state index in [1.54, 1.807) is 29.8 Å². The Hall–Kier alpha value is -4.64. The summed E-state index contributed by atoms with van der Waals surface area (Å²) in [4.78, 5) is 14.5. The predicted octanol–water partition coefficient (Wildman–Crippen LogP) is 6.44. The highest BCUT2D eigenvalue weighted by Crippen LogP contribution is 2.33.